The third-order valence-corrected chi connectivity index (χ3v) is 3.08. The summed E-state index contributed by atoms with van der Waals surface area (Å²) in [6.07, 6.45) is 1.88. The van der Waals surface area contributed by atoms with Gasteiger partial charge in [0.15, 0.2) is 0 Å². The smallest absolute Gasteiger partial charge is 0.274 e. The number of aromatic nitrogens is 3. The minimum Gasteiger partial charge on any atom is -0.469 e. The summed E-state index contributed by atoms with van der Waals surface area (Å²) in [7, 11) is 0. The van der Waals surface area contributed by atoms with Crippen LogP contribution in [-0.4, -0.2) is 15.2 Å². The zero-order valence-electron chi connectivity index (χ0n) is 11.5. The van der Waals surface area contributed by atoms with Crippen molar-refractivity contribution in [1.29, 1.82) is 0 Å². The van der Waals surface area contributed by atoms with E-state index in [-0.39, 0.29) is 5.56 Å². The van der Waals surface area contributed by atoms with Crippen molar-refractivity contribution in [1.82, 2.24) is 15.2 Å². The first-order chi connectivity index (χ1) is 10.2. The van der Waals surface area contributed by atoms with Gasteiger partial charge in [-0.2, -0.15) is 0 Å². The Balaban J connectivity index is 1.81. The van der Waals surface area contributed by atoms with Gasteiger partial charge in [-0.3, -0.25) is 9.78 Å². The molecule has 0 atom stereocenters. The van der Waals surface area contributed by atoms with Crippen molar-refractivity contribution < 1.29 is 4.42 Å². The summed E-state index contributed by atoms with van der Waals surface area (Å²) in [6.45, 7) is 1.97. The molecule has 0 radical (unpaired) electrons. The Labute approximate surface area is 120 Å². The highest BCUT2D eigenvalue weighted by atomic mass is 16.3. The van der Waals surface area contributed by atoms with Gasteiger partial charge in [0.25, 0.3) is 5.56 Å². The van der Waals surface area contributed by atoms with E-state index in [1.165, 1.54) is 0 Å². The summed E-state index contributed by atoms with van der Waals surface area (Å²) < 4.78 is 5.20. The fourth-order valence-electron chi connectivity index (χ4n) is 1.95. The van der Waals surface area contributed by atoms with Crippen LogP contribution in [0, 0.1) is 6.92 Å². The lowest BCUT2D eigenvalue weighted by molar-refractivity contribution is 0.517. The standard InChI is InChI=1S/C15H14N4O2/c1-10-5-2-3-7-12(10)16-15-17-14(20)13(18-19-15)9-11-6-4-8-21-11/h2-8H,9H2,1H3,(H2,16,17,19,20). The lowest BCUT2D eigenvalue weighted by Crippen LogP contribution is -2.18. The van der Waals surface area contributed by atoms with Crippen molar-refractivity contribution in [2.45, 2.75) is 13.3 Å². The molecule has 2 N–H and O–H groups in total. The van der Waals surface area contributed by atoms with Crippen molar-refractivity contribution in [3.63, 3.8) is 0 Å². The van der Waals surface area contributed by atoms with Gasteiger partial charge >= 0.3 is 0 Å². The van der Waals surface area contributed by atoms with Crippen LogP contribution in [0.5, 0.6) is 0 Å². The number of H-pyrrole nitrogens is 1. The average molecular weight is 282 g/mol. The molecule has 21 heavy (non-hydrogen) atoms. The van der Waals surface area contributed by atoms with Gasteiger partial charge in [0, 0.05) is 5.69 Å². The number of nitrogens with zero attached hydrogens (tertiary/aromatic N) is 2. The number of nitrogens with one attached hydrogen (secondary N) is 2. The van der Waals surface area contributed by atoms with Gasteiger partial charge in [-0.1, -0.05) is 18.2 Å². The second-order valence-electron chi connectivity index (χ2n) is 4.65. The molecule has 6 heteroatoms. The highest BCUT2D eigenvalue weighted by molar-refractivity contribution is 5.57. The predicted octanol–water partition coefficient (Wildman–Crippen LogP) is 2.40. The Morgan fingerprint density at radius 1 is 1.19 bits per heavy atom. The fourth-order valence-corrected chi connectivity index (χ4v) is 1.95. The Hall–Kier alpha value is -2.89. The molecule has 3 rings (SSSR count). The van der Waals surface area contributed by atoms with Crippen LogP contribution in [0.25, 0.3) is 0 Å². The molecule has 2 aromatic heterocycles. The number of furan rings is 1. The van der Waals surface area contributed by atoms with E-state index < -0.39 is 0 Å². The molecule has 3 aromatic rings. The van der Waals surface area contributed by atoms with Crippen molar-refractivity contribution in [2.75, 3.05) is 5.32 Å². The van der Waals surface area contributed by atoms with E-state index in [4.69, 9.17) is 4.42 Å². The summed E-state index contributed by atoms with van der Waals surface area (Å²) in [5, 5.41) is 11.0. The second-order valence-corrected chi connectivity index (χ2v) is 4.65. The van der Waals surface area contributed by atoms with E-state index in [1.807, 2.05) is 31.2 Å². The van der Waals surface area contributed by atoms with Crippen molar-refractivity contribution in [3.05, 3.63) is 70.0 Å². The molecule has 0 unspecified atom stereocenters. The third-order valence-electron chi connectivity index (χ3n) is 3.08. The molecular formula is C15H14N4O2. The molecular weight excluding hydrogens is 268 g/mol. The zero-order valence-corrected chi connectivity index (χ0v) is 11.5. The number of para-hydroxylation sites is 1. The summed E-state index contributed by atoms with van der Waals surface area (Å²) >= 11 is 0. The molecule has 0 bridgehead atoms. The van der Waals surface area contributed by atoms with E-state index in [1.54, 1.807) is 18.4 Å². The molecule has 0 saturated heterocycles. The van der Waals surface area contributed by atoms with Gasteiger partial charge < -0.3 is 9.73 Å². The molecule has 0 aliphatic heterocycles. The van der Waals surface area contributed by atoms with Gasteiger partial charge in [0.05, 0.1) is 12.7 Å². The van der Waals surface area contributed by atoms with E-state index in [9.17, 15) is 4.79 Å². The first-order valence-corrected chi connectivity index (χ1v) is 6.53. The lowest BCUT2D eigenvalue weighted by Gasteiger charge is -2.07. The number of hydrogen-bond donors (Lipinski definition) is 2. The summed E-state index contributed by atoms with van der Waals surface area (Å²) in [5.41, 5.74) is 1.97. The van der Waals surface area contributed by atoms with Crippen LogP contribution in [0.4, 0.5) is 11.6 Å². The van der Waals surface area contributed by atoms with Crippen LogP contribution in [0.2, 0.25) is 0 Å². The number of benzene rings is 1. The van der Waals surface area contributed by atoms with Crippen LogP contribution in [0.1, 0.15) is 17.0 Å². The number of rotatable bonds is 4. The molecule has 0 aliphatic rings. The third kappa shape index (κ3) is 3.00. The Kier molecular flexibility index (Phi) is 3.51. The zero-order chi connectivity index (χ0) is 14.7. The fraction of sp³-hybridized carbons (Fsp3) is 0.133. The maximum atomic E-state index is 12.0. The monoisotopic (exact) mass is 282 g/mol. The molecule has 0 aliphatic carbocycles. The molecule has 0 amide bonds. The predicted molar refractivity (Wildman–Crippen MR) is 78.6 cm³/mol. The lowest BCUT2D eigenvalue weighted by atomic mass is 10.2. The van der Waals surface area contributed by atoms with Gasteiger partial charge in [0.1, 0.15) is 11.5 Å². The molecule has 0 fully saturated rings. The van der Waals surface area contributed by atoms with Crippen molar-refractivity contribution in [2.24, 2.45) is 0 Å². The second kappa shape index (κ2) is 5.62. The summed E-state index contributed by atoms with van der Waals surface area (Å²) in [6, 6.07) is 11.3. The number of aromatic amines is 1. The summed E-state index contributed by atoms with van der Waals surface area (Å²) in [4.78, 5) is 14.7. The first-order valence-electron chi connectivity index (χ1n) is 6.53. The minimum absolute atomic E-state index is 0.280. The molecule has 1 aromatic carbocycles. The number of anilines is 2. The molecule has 106 valence electrons. The highest BCUT2D eigenvalue weighted by Crippen LogP contribution is 2.16. The molecule has 0 spiro atoms. The minimum atomic E-state index is -0.280. The average Bonchev–Trinajstić information content (AvgIpc) is 2.97. The van der Waals surface area contributed by atoms with Gasteiger partial charge in [-0.05, 0) is 30.7 Å². The van der Waals surface area contributed by atoms with Crippen LogP contribution in [0.3, 0.4) is 0 Å². The quantitative estimate of drug-likeness (QED) is 0.767. The van der Waals surface area contributed by atoms with E-state index in [2.05, 4.69) is 20.5 Å². The molecule has 6 nitrogen and oxygen atoms in total. The topological polar surface area (TPSA) is 83.8 Å². The van der Waals surface area contributed by atoms with E-state index in [0.29, 0.717) is 23.8 Å². The van der Waals surface area contributed by atoms with Crippen LogP contribution >= 0.6 is 0 Å². The maximum Gasteiger partial charge on any atom is 0.274 e. The Morgan fingerprint density at radius 2 is 2.05 bits per heavy atom. The number of hydrogen-bond acceptors (Lipinski definition) is 5. The molecule has 0 saturated carbocycles. The van der Waals surface area contributed by atoms with Crippen LogP contribution in [-0.2, 0) is 6.42 Å². The van der Waals surface area contributed by atoms with Crippen molar-refractivity contribution in [3.8, 4) is 0 Å². The van der Waals surface area contributed by atoms with Gasteiger partial charge in [0.2, 0.25) is 5.95 Å². The maximum absolute atomic E-state index is 12.0. The number of aryl methyl sites for hydroxylation is 1. The van der Waals surface area contributed by atoms with E-state index in [0.717, 1.165) is 11.3 Å². The molecule has 2 heterocycles. The SMILES string of the molecule is Cc1ccccc1Nc1nnc(Cc2ccco2)c(=O)[nH]1. The summed E-state index contributed by atoms with van der Waals surface area (Å²) in [5.74, 6) is 0.993. The van der Waals surface area contributed by atoms with Crippen molar-refractivity contribution >= 4 is 11.6 Å². The van der Waals surface area contributed by atoms with Crippen LogP contribution < -0.4 is 10.9 Å². The highest BCUT2D eigenvalue weighted by Gasteiger charge is 2.08. The van der Waals surface area contributed by atoms with Gasteiger partial charge in [-0.25, -0.2) is 0 Å². The van der Waals surface area contributed by atoms with E-state index >= 15 is 0 Å². The van der Waals surface area contributed by atoms with Crippen LogP contribution in [0.15, 0.2) is 51.9 Å². The Morgan fingerprint density at radius 3 is 2.76 bits per heavy atom. The first kappa shape index (κ1) is 13.1. The normalized spacial score (nSPS) is 10.5. The Bertz CT molecular complexity index is 793. The van der Waals surface area contributed by atoms with Gasteiger partial charge in [-0.15, -0.1) is 10.2 Å². The largest absolute Gasteiger partial charge is 0.469 e.